The van der Waals surface area contributed by atoms with Gasteiger partial charge in [0, 0.05) is 39.0 Å². The first kappa shape index (κ1) is 26.3. The molecule has 0 aliphatic carbocycles. The molecule has 27 heavy (non-hydrogen) atoms. The Morgan fingerprint density at radius 2 is 1.56 bits per heavy atom. The average Bonchev–Trinajstić information content (AvgIpc) is 2.65. The van der Waals surface area contributed by atoms with Crippen molar-refractivity contribution in [1.82, 2.24) is 10.6 Å². The highest BCUT2D eigenvalue weighted by molar-refractivity contribution is 6.60. The fourth-order valence-electron chi connectivity index (χ4n) is 2.87. The summed E-state index contributed by atoms with van der Waals surface area (Å²) in [6.07, 6.45) is 2.93. The Kier molecular flexibility index (Phi) is 15.8. The van der Waals surface area contributed by atoms with Crippen LogP contribution in [0.15, 0.2) is 43.0 Å². The smallest absolute Gasteiger partial charge is 0.374 e. The zero-order valence-corrected chi connectivity index (χ0v) is 18.9. The van der Waals surface area contributed by atoms with Crippen molar-refractivity contribution < 1.29 is 13.3 Å². The van der Waals surface area contributed by atoms with Gasteiger partial charge in [0.05, 0.1) is 6.04 Å². The molecule has 5 nitrogen and oxygen atoms in total. The van der Waals surface area contributed by atoms with Gasteiger partial charge in [-0.25, -0.2) is 0 Å². The van der Waals surface area contributed by atoms with E-state index in [9.17, 15) is 0 Å². The van der Waals surface area contributed by atoms with E-state index in [1.807, 2.05) is 32.9 Å². The maximum atomic E-state index is 5.88. The summed E-state index contributed by atoms with van der Waals surface area (Å²) in [6, 6.07) is 11.4. The molecule has 1 rings (SSSR count). The number of benzene rings is 1. The van der Waals surface area contributed by atoms with Crippen LogP contribution < -0.4 is 10.6 Å². The first-order chi connectivity index (χ1) is 12.7. The third kappa shape index (κ3) is 10.4. The molecular weight excluding hydrogens is 380 g/mol. The summed E-state index contributed by atoms with van der Waals surface area (Å²) in [5.41, 5.74) is 1.24. The summed E-state index contributed by atoms with van der Waals surface area (Å²) in [5, 5.41) is 6.98. The fourth-order valence-corrected chi connectivity index (χ4v) is 5.48. The van der Waals surface area contributed by atoms with E-state index in [0.717, 1.165) is 32.1 Å². The molecule has 0 saturated heterocycles. The molecule has 7 heteroatoms. The zero-order chi connectivity index (χ0) is 19.1. The van der Waals surface area contributed by atoms with E-state index in [-0.39, 0.29) is 18.4 Å². The Hall–Kier alpha value is -0.733. The molecule has 0 bridgehead atoms. The lowest BCUT2D eigenvalue weighted by atomic mass is 10.1. The van der Waals surface area contributed by atoms with Crippen molar-refractivity contribution in [1.29, 1.82) is 0 Å². The SMILES string of the molecule is C=CC(NCCNCCC[Si](OCC)(OCC)OCC)c1ccccc1.Cl. The molecule has 2 N–H and O–H groups in total. The number of halogens is 1. The summed E-state index contributed by atoms with van der Waals surface area (Å²) < 4.78 is 17.6. The normalized spacial score (nSPS) is 12.4. The van der Waals surface area contributed by atoms with Crippen LogP contribution in [0.4, 0.5) is 0 Å². The van der Waals surface area contributed by atoms with E-state index in [4.69, 9.17) is 13.3 Å². The summed E-state index contributed by atoms with van der Waals surface area (Å²) in [7, 11) is -2.50. The van der Waals surface area contributed by atoms with Gasteiger partial charge < -0.3 is 23.9 Å². The van der Waals surface area contributed by atoms with Crippen molar-refractivity contribution in [3.63, 3.8) is 0 Å². The van der Waals surface area contributed by atoms with Gasteiger partial charge in [0.25, 0.3) is 0 Å². The molecule has 1 aromatic rings. The van der Waals surface area contributed by atoms with Crippen molar-refractivity contribution in [3.05, 3.63) is 48.6 Å². The Balaban J connectivity index is 0.00000676. The summed E-state index contributed by atoms with van der Waals surface area (Å²) >= 11 is 0. The molecule has 156 valence electrons. The van der Waals surface area contributed by atoms with Crippen LogP contribution in [0.1, 0.15) is 38.8 Å². The third-order valence-corrected chi connectivity index (χ3v) is 7.14. The minimum absolute atomic E-state index is 0. The van der Waals surface area contributed by atoms with Crippen LogP contribution >= 0.6 is 12.4 Å². The second-order valence-corrected chi connectivity index (χ2v) is 8.65. The van der Waals surface area contributed by atoms with Gasteiger partial charge in [0.2, 0.25) is 0 Å². The quantitative estimate of drug-likeness (QED) is 0.243. The van der Waals surface area contributed by atoms with E-state index < -0.39 is 8.80 Å². The van der Waals surface area contributed by atoms with E-state index >= 15 is 0 Å². The van der Waals surface area contributed by atoms with Gasteiger partial charge in [-0.1, -0.05) is 36.4 Å². The van der Waals surface area contributed by atoms with Gasteiger partial charge in [0.15, 0.2) is 0 Å². The topological polar surface area (TPSA) is 51.8 Å². The van der Waals surface area contributed by atoms with Crippen LogP contribution in [-0.2, 0) is 13.3 Å². The van der Waals surface area contributed by atoms with Crippen LogP contribution in [0.2, 0.25) is 6.04 Å². The molecule has 0 aliphatic heterocycles. The highest BCUT2D eigenvalue weighted by atomic mass is 35.5. The van der Waals surface area contributed by atoms with Crippen LogP contribution in [0.25, 0.3) is 0 Å². The largest absolute Gasteiger partial charge is 0.500 e. The van der Waals surface area contributed by atoms with E-state index in [1.165, 1.54) is 5.56 Å². The molecule has 0 spiro atoms. The lowest BCUT2D eigenvalue weighted by Gasteiger charge is -2.28. The Bertz CT molecular complexity index is 463. The molecule has 1 atom stereocenters. The van der Waals surface area contributed by atoms with E-state index in [1.54, 1.807) is 0 Å². The maximum Gasteiger partial charge on any atom is 0.500 e. The number of nitrogens with one attached hydrogen (secondary N) is 2. The van der Waals surface area contributed by atoms with Crippen LogP contribution in [0.3, 0.4) is 0 Å². The standard InChI is InChI=1S/C20H36N2O3Si.ClH/c1-5-20(19-13-10-9-11-14-19)22-17-16-21-15-12-18-26(23-6-2,24-7-3)25-8-4;/h5,9-11,13-14,20-22H,1,6-8,12,15-18H2,2-4H3;1H. The van der Waals surface area contributed by atoms with E-state index in [0.29, 0.717) is 19.8 Å². The first-order valence-corrected chi connectivity index (χ1v) is 11.7. The first-order valence-electron chi connectivity index (χ1n) is 9.74. The third-order valence-electron chi connectivity index (χ3n) is 3.99. The number of rotatable bonds is 16. The van der Waals surface area contributed by atoms with Gasteiger partial charge >= 0.3 is 8.80 Å². The molecule has 0 aliphatic rings. The van der Waals surface area contributed by atoms with Gasteiger partial charge in [-0.15, -0.1) is 19.0 Å². The number of hydrogen-bond donors (Lipinski definition) is 2. The lowest BCUT2D eigenvalue weighted by Crippen LogP contribution is -2.46. The average molecular weight is 417 g/mol. The lowest BCUT2D eigenvalue weighted by molar-refractivity contribution is 0.0708. The predicted octanol–water partition coefficient (Wildman–Crippen LogP) is 3.95. The van der Waals surface area contributed by atoms with Gasteiger partial charge in [-0.3, -0.25) is 0 Å². The Morgan fingerprint density at radius 3 is 2.07 bits per heavy atom. The molecule has 0 saturated carbocycles. The van der Waals surface area contributed by atoms with Crippen LogP contribution in [-0.4, -0.2) is 48.3 Å². The summed E-state index contributed by atoms with van der Waals surface area (Å²) in [5.74, 6) is 0. The second-order valence-electron chi connectivity index (χ2n) is 5.91. The minimum atomic E-state index is -2.50. The highest BCUT2D eigenvalue weighted by Gasteiger charge is 2.39. The van der Waals surface area contributed by atoms with Crippen LogP contribution in [0.5, 0.6) is 0 Å². The summed E-state index contributed by atoms with van der Waals surface area (Å²) in [4.78, 5) is 0. The van der Waals surface area contributed by atoms with Gasteiger partial charge in [-0.2, -0.15) is 0 Å². The maximum absolute atomic E-state index is 5.88. The van der Waals surface area contributed by atoms with Crippen molar-refractivity contribution in [2.75, 3.05) is 39.5 Å². The van der Waals surface area contributed by atoms with Gasteiger partial charge in [-0.05, 0) is 39.3 Å². The minimum Gasteiger partial charge on any atom is -0.374 e. The molecule has 0 radical (unpaired) electrons. The molecule has 0 aromatic heterocycles. The molecule has 0 fully saturated rings. The van der Waals surface area contributed by atoms with Gasteiger partial charge in [0.1, 0.15) is 0 Å². The van der Waals surface area contributed by atoms with Crippen molar-refractivity contribution in [3.8, 4) is 0 Å². The Morgan fingerprint density at radius 1 is 0.963 bits per heavy atom. The monoisotopic (exact) mass is 416 g/mol. The Labute approximate surface area is 172 Å². The molecular formula is C20H37ClN2O3Si. The van der Waals surface area contributed by atoms with Crippen molar-refractivity contribution in [2.24, 2.45) is 0 Å². The van der Waals surface area contributed by atoms with Crippen molar-refractivity contribution >= 4 is 21.2 Å². The molecule has 0 amide bonds. The van der Waals surface area contributed by atoms with Crippen LogP contribution in [0, 0.1) is 0 Å². The fraction of sp³-hybridized carbons (Fsp3) is 0.600. The highest BCUT2D eigenvalue weighted by Crippen LogP contribution is 2.17. The summed E-state index contributed by atoms with van der Waals surface area (Å²) in [6.45, 7) is 14.5. The second kappa shape index (κ2) is 16.2. The van der Waals surface area contributed by atoms with Crippen molar-refractivity contribution in [2.45, 2.75) is 39.3 Å². The molecule has 0 heterocycles. The molecule has 1 unspecified atom stereocenters. The number of hydrogen-bond acceptors (Lipinski definition) is 5. The van der Waals surface area contributed by atoms with E-state index in [2.05, 4.69) is 41.5 Å². The zero-order valence-electron chi connectivity index (χ0n) is 17.0. The molecule has 1 aromatic carbocycles. The predicted molar refractivity (Wildman–Crippen MR) is 118 cm³/mol.